The summed E-state index contributed by atoms with van der Waals surface area (Å²) >= 11 is 0. The fourth-order valence-electron chi connectivity index (χ4n) is 4.19. The third-order valence-electron chi connectivity index (χ3n) is 5.55. The summed E-state index contributed by atoms with van der Waals surface area (Å²) < 4.78 is 24.6. The molecule has 0 aromatic heterocycles. The molecule has 0 radical (unpaired) electrons. The van der Waals surface area contributed by atoms with Gasteiger partial charge in [-0.05, 0) is 67.7 Å². The summed E-state index contributed by atoms with van der Waals surface area (Å²) in [6, 6.07) is 12.5. The molecule has 1 atom stereocenters. The average molecular weight is 408 g/mol. The Balaban J connectivity index is 1.80. The lowest BCUT2D eigenvalue weighted by Gasteiger charge is -2.29. The van der Waals surface area contributed by atoms with E-state index in [4.69, 9.17) is 9.47 Å². The number of nitrogens with zero attached hydrogens (tertiary/aromatic N) is 1. The van der Waals surface area contributed by atoms with Crippen LogP contribution in [0.3, 0.4) is 0 Å². The number of carbonyl (C=O) groups is 1. The van der Waals surface area contributed by atoms with Crippen LogP contribution in [-0.4, -0.2) is 24.7 Å². The molecule has 1 heterocycles. The van der Waals surface area contributed by atoms with Crippen LogP contribution in [0.4, 0.5) is 4.39 Å². The van der Waals surface area contributed by atoms with Gasteiger partial charge in [0.25, 0.3) is 0 Å². The summed E-state index contributed by atoms with van der Waals surface area (Å²) in [5.41, 5.74) is 9.45. The van der Waals surface area contributed by atoms with Gasteiger partial charge in [-0.3, -0.25) is 10.4 Å². The second-order valence-corrected chi connectivity index (χ2v) is 7.40. The monoisotopic (exact) mass is 408 g/mol. The number of hydrogen-bond donors (Lipinski definition) is 1. The Morgan fingerprint density at radius 3 is 2.83 bits per heavy atom. The molecule has 0 bridgehead atoms. The fourth-order valence-corrected chi connectivity index (χ4v) is 4.19. The fraction of sp³-hybridized carbons (Fsp3) is 0.292. The van der Waals surface area contributed by atoms with Crippen molar-refractivity contribution in [2.45, 2.75) is 32.7 Å². The molecule has 6 heteroatoms. The van der Waals surface area contributed by atoms with Crippen molar-refractivity contribution < 1.29 is 18.7 Å². The number of benzene rings is 2. The van der Waals surface area contributed by atoms with E-state index in [2.05, 4.69) is 11.5 Å². The van der Waals surface area contributed by atoms with Crippen molar-refractivity contribution in [3.63, 3.8) is 0 Å². The van der Waals surface area contributed by atoms with E-state index in [9.17, 15) is 9.18 Å². The zero-order valence-electron chi connectivity index (χ0n) is 17.4. The number of hydrazine groups is 1. The molecule has 0 fully saturated rings. The van der Waals surface area contributed by atoms with Crippen LogP contribution in [0.5, 0.6) is 5.75 Å². The Kier molecular flexibility index (Phi) is 5.48. The summed E-state index contributed by atoms with van der Waals surface area (Å²) in [6.45, 7) is 3.93. The van der Waals surface area contributed by atoms with Gasteiger partial charge in [0.1, 0.15) is 11.6 Å². The highest BCUT2D eigenvalue weighted by Gasteiger charge is 2.37. The maximum Gasteiger partial charge on any atom is 0.332 e. The number of hydrogen-bond acceptors (Lipinski definition) is 5. The van der Waals surface area contributed by atoms with Crippen molar-refractivity contribution in [3.05, 3.63) is 82.3 Å². The molecule has 5 nitrogen and oxygen atoms in total. The molecule has 2 aromatic rings. The second-order valence-electron chi connectivity index (χ2n) is 7.40. The maximum atomic E-state index is 14.1. The first-order chi connectivity index (χ1) is 14.5. The first kappa shape index (κ1) is 20.0. The second kappa shape index (κ2) is 8.22. The Morgan fingerprint density at radius 1 is 1.27 bits per heavy atom. The molecule has 30 heavy (non-hydrogen) atoms. The van der Waals surface area contributed by atoms with E-state index in [0.717, 1.165) is 41.0 Å². The molecule has 0 amide bonds. The molecule has 2 aromatic carbocycles. The van der Waals surface area contributed by atoms with Gasteiger partial charge in [-0.1, -0.05) is 18.2 Å². The van der Waals surface area contributed by atoms with Crippen LogP contribution in [0, 0.1) is 5.82 Å². The van der Waals surface area contributed by atoms with E-state index in [0.29, 0.717) is 12.3 Å². The van der Waals surface area contributed by atoms with Gasteiger partial charge in [-0.15, -0.1) is 0 Å². The maximum absolute atomic E-state index is 14.1. The molecular formula is C24H25FN2O3. The third kappa shape index (κ3) is 3.65. The molecule has 0 saturated carbocycles. The number of nitrogens with one attached hydrogen (secondary N) is 1. The minimum Gasteiger partial charge on any atom is -0.497 e. The van der Waals surface area contributed by atoms with Crippen LogP contribution >= 0.6 is 0 Å². The number of rotatable bonds is 5. The molecular weight excluding hydrogens is 383 g/mol. The van der Waals surface area contributed by atoms with Crippen molar-refractivity contribution in [2.75, 3.05) is 13.7 Å². The smallest absolute Gasteiger partial charge is 0.332 e. The van der Waals surface area contributed by atoms with Gasteiger partial charge in [0.15, 0.2) is 0 Å². The first-order valence-electron chi connectivity index (χ1n) is 10.1. The molecule has 1 aliphatic heterocycles. The summed E-state index contributed by atoms with van der Waals surface area (Å²) in [4.78, 5) is 12.1. The number of carbonyl (C=O) groups excluding carboxylic acids is 1. The van der Waals surface area contributed by atoms with Gasteiger partial charge in [-0.2, -0.15) is 0 Å². The summed E-state index contributed by atoms with van der Waals surface area (Å²) in [6.07, 6.45) is 3.19. The predicted molar refractivity (Wildman–Crippen MR) is 113 cm³/mol. The van der Waals surface area contributed by atoms with E-state index < -0.39 is 5.97 Å². The van der Waals surface area contributed by atoms with Crippen molar-refractivity contribution in [3.8, 4) is 5.75 Å². The van der Waals surface area contributed by atoms with Gasteiger partial charge in [0.05, 0.1) is 25.5 Å². The number of methoxy groups -OCH3 is 1. The van der Waals surface area contributed by atoms with E-state index in [1.54, 1.807) is 26.2 Å². The quantitative estimate of drug-likeness (QED) is 0.582. The molecule has 4 rings (SSSR count). The van der Waals surface area contributed by atoms with Gasteiger partial charge < -0.3 is 9.47 Å². The summed E-state index contributed by atoms with van der Waals surface area (Å²) in [5, 5.41) is 1.92. The molecule has 156 valence electrons. The Morgan fingerprint density at radius 2 is 2.10 bits per heavy atom. The number of allylic oxidation sites excluding steroid dienone is 1. The average Bonchev–Trinajstić information content (AvgIpc) is 3.13. The number of aryl methyl sites for hydroxylation is 1. The van der Waals surface area contributed by atoms with Crippen LogP contribution in [0.25, 0.3) is 5.70 Å². The lowest BCUT2D eigenvalue weighted by atomic mass is 9.85. The van der Waals surface area contributed by atoms with E-state index >= 15 is 0 Å². The number of halogens is 1. The molecule has 0 saturated heterocycles. The first-order valence-corrected chi connectivity index (χ1v) is 10.1. The number of esters is 1. The van der Waals surface area contributed by atoms with E-state index in [1.807, 2.05) is 30.1 Å². The lowest BCUT2D eigenvalue weighted by Crippen LogP contribution is -2.33. The minimum absolute atomic E-state index is 0.222. The van der Waals surface area contributed by atoms with Crippen LogP contribution in [0.2, 0.25) is 0 Å². The minimum atomic E-state index is -0.401. The van der Waals surface area contributed by atoms with E-state index in [1.165, 1.54) is 17.7 Å². The molecule has 1 unspecified atom stereocenters. The highest BCUT2D eigenvalue weighted by molar-refractivity contribution is 5.83. The number of ether oxygens (including phenoxy) is 2. The largest absolute Gasteiger partial charge is 0.497 e. The van der Waals surface area contributed by atoms with Gasteiger partial charge >= 0.3 is 5.97 Å². The number of fused-ring (bicyclic) bond motifs is 2. The zero-order chi connectivity index (χ0) is 21.3. The van der Waals surface area contributed by atoms with Gasteiger partial charge in [0, 0.05) is 17.3 Å². The molecule has 0 spiro atoms. The van der Waals surface area contributed by atoms with Crippen molar-refractivity contribution in [2.24, 2.45) is 0 Å². The Hall–Kier alpha value is -3.28. The van der Waals surface area contributed by atoms with Gasteiger partial charge in [-0.25, -0.2) is 9.18 Å². The van der Waals surface area contributed by atoms with Gasteiger partial charge in [0.2, 0.25) is 0 Å². The Labute approximate surface area is 175 Å². The summed E-state index contributed by atoms with van der Waals surface area (Å²) in [5.74, 6) is 0.0944. The standard InChI is InChI=1S/C24H25FN2O3/c1-4-30-22(28)12-15(2)27-24(17-6-5-7-18(25)13-17)20-11-9-16-8-10-19(29-3)14-21(16)23(20)26-27/h5-8,10,12-14,24,26H,4,9,11H2,1-3H3. The van der Waals surface area contributed by atoms with Crippen LogP contribution in [-0.2, 0) is 16.0 Å². The normalized spacial score (nSPS) is 17.9. The van der Waals surface area contributed by atoms with Crippen LogP contribution < -0.4 is 10.2 Å². The predicted octanol–water partition coefficient (Wildman–Crippen LogP) is 4.52. The van der Waals surface area contributed by atoms with Crippen molar-refractivity contribution in [1.29, 1.82) is 0 Å². The zero-order valence-corrected chi connectivity index (χ0v) is 17.4. The molecule has 1 aliphatic carbocycles. The molecule has 2 aliphatic rings. The highest BCUT2D eigenvalue weighted by Crippen LogP contribution is 2.46. The molecule has 1 N–H and O–H groups in total. The topological polar surface area (TPSA) is 50.8 Å². The van der Waals surface area contributed by atoms with Crippen molar-refractivity contribution >= 4 is 11.7 Å². The highest BCUT2D eigenvalue weighted by atomic mass is 19.1. The Bertz CT molecular complexity index is 1040. The van der Waals surface area contributed by atoms with Crippen LogP contribution in [0.1, 0.15) is 43.0 Å². The summed E-state index contributed by atoms with van der Waals surface area (Å²) in [7, 11) is 1.65. The third-order valence-corrected chi connectivity index (χ3v) is 5.55. The van der Waals surface area contributed by atoms with Crippen LogP contribution in [0.15, 0.2) is 59.8 Å². The lowest BCUT2D eigenvalue weighted by molar-refractivity contribution is -0.137. The van der Waals surface area contributed by atoms with Crippen molar-refractivity contribution in [1.82, 2.24) is 10.4 Å². The van der Waals surface area contributed by atoms with E-state index in [-0.39, 0.29) is 11.9 Å². The SMILES string of the molecule is CCOC(=O)C=C(C)N1NC2=C(CCc3ccc(OC)cc32)C1c1cccc(F)c1.